The van der Waals surface area contributed by atoms with Crippen LogP contribution < -0.4 is 11.7 Å². The second-order valence-corrected chi connectivity index (χ2v) is 1.69. The van der Waals surface area contributed by atoms with Gasteiger partial charge in [0, 0.05) is 6.54 Å². The molecule has 0 unspecified atom stereocenters. The first-order valence-corrected chi connectivity index (χ1v) is 2.89. The van der Waals surface area contributed by atoms with Crippen LogP contribution in [0.25, 0.3) is 0 Å². The highest BCUT2D eigenvalue weighted by Crippen LogP contribution is 1.87. The molecule has 58 valence electrons. The lowest BCUT2D eigenvalue weighted by molar-refractivity contribution is 0.207. The summed E-state index contributed by atoms with van der Waals surface area (Å²) in [7, 11) is 0. The molecule has 0 aromatic carbocycles. The van der Waals surface area contributed by atoms with Crippen molar-refractivity contribution in [2.24, 2.45) is 22.0 Å². The van der Waals surface area contributed by atoms with Crippen LogP contribution in [0, 0.1) is 0 Å². The predicted octanol–water partition coefficient (Wildman–Crippen LogP) is 0.0180. The Kier molecular flexibility index (Phi) is 4.14. The summed E-state index contributed by atoms with van der Waals surface area (Å²) in [6.07, 6.45) is 0.780. The van der Waals surface area contributed by atoms with E-state index in [0.29, 0.717) is 6.54 Å². The molecule has 0 spiro atoms. The van der Waals surface area contributed by atoms with Gasteiger partial charge in [0.1, 0.15) is 0 Å². The van der Waals surface area contributed by atoms with E-state index in [2.05, 4.69) is 16.2 Å². The fraction of sp³-hybridized carbons (Fsp3) is 0.750. The monoisotopic (exact) mass is 145 g/mol. The molecular weight excluding hydrogens is 134 g/mol. The van der Waals surface area contributed by atoms with Crippen molar-refractivity contribution in [3.05, 3.63) is 0 Å². The van der Waals surface area contributed by atoms with Gasteiger partial charge in [0.05, 0.1) is 0 Å². The number of nitrogens with two attached hydrogens (primary N) is 2. The molecule has 6 nitrogen and oxygen atoms in total. The molecule has 0 aromatic rings. The van der Waals surface area contributed by atoms with Crippen molar-refractivity contribution in [3.63, 3.8) is 0 Å². The zero-order valence-corrected chi connectivity index (χ0v) is 5.82. The van der Waals surface area contributed by atoms with Gasteiger partial charge in [-0.05, 0) is 6.42 Å². The first-order chi connectivity index (χ1) is 4.72. The highest BCUT2D eigenvalue weighted by Gasteiger charge is 2.04. The Bertz CT molecular complexity index is 134. The molecule has 0 radical (unpaired) electrons. The third-order valence-electron chi connectivity index (χ3n) is 0.853. The number of nitrogens with zero attached hydrogens (tertiary/aromatic N) is 3. The maximum absolute atomic E-state index is 10.6. The molecule has 0 bridgehead atoms. The van der Waals surface area contributed by atoms with Crippen LogP contribution in [0.15, 0.2) is 10.3 Å². The van der Waals surface area contributed by atoms with Crippen LogP contribution in [0.3, 0.4) is 0 Å². The van der Waals surface area contributed by atoms with Gasteiger partial charge in [0.25, 0.3) is 0 Å². The number of carbonyl (C=O) groups excluding carboxylic acids is 1. The van der Waals surface area contributed by atoms with Crippen molar-refractivity contribution in [2.75, 3.05) is 6.54 Å². The molecule has 0 aliphatic carbocycles. The third kappa shape index (κ3) is 2.98. The molecule has 0 aliphatic heterocycles. The maximum Gasteiger partial charge on any atom is 0.377 e. The Morgan fingerprint density at radius 3 is 2.70 bits per heavy atom. The van der Waals surface area contributed by atoms with E-state index in [4.69, 9.17) is 5.84 Å². The number of hydrogen-bond donors (Lipinski definition) is 2. The van der Waals surface area contributed by atoms with Crippen molar-refractivity contribution in [3.8, 4) is 0 Å². The summed E-state index contributed by atoms with van der Waals surface area (Å²) in [5.41, 5.74) is 0. The van der Waals surface area contributed by atoms with Crippen LogP contribution in [-0.4, -0.2) is 17.6 Å². The molecule has 0 saturated carbocycles. The SMILES string of the molecule is CCCN(N)C(=O)N=NN. The molecule has 0 heterocycles. The number of carbonyl (C=O) groups is 1. The molecule has 2 amide bonds. The van der Waals surface area contributed by atoms with E-state index >= 15 is 0 Å². The first-order valence-electron chi connectivity index (χ1n) is 2.89. The van der Waals surface area contributed by atoms with Crippen LogP contribution in [0.2, 0.25) is 0 Å². The molecule has 4 N–H and O–H groups in total. The predicted molar refractivity (Wildman–Crippen MR) is 35.6 cm³/mol. The third-order valence-corrected chi connectivity index (χ3v) is 0.853. The van der Waals surface area contributed by atoms with Crippen LogP contribution in [0.4, 0.5) is 4.79 Å². The van der Waals surface area contributed by atoms with Crippen LogP contribution >= 0.6 is 0 Å². The molecule has 0 saturated heterocycles. The van der Waals surface area contributed by atoms with Crippen LogP contribution in [-0.2, 0) is 0 Å². The van der Waals surface area contributed by atoms with Crippen LogP contribution in [0.1, 0.15) is 13.3 Å². The standard InChI is InChI=1S/C4H11N5O/c1-2-3-9(6)4(10)7-8-5/h2-3,6H2,1H3,(H2,5,7,10). The summed E-state index contributed by atoms with van der Waals surface area (Å²) < 4.78 is 0. The summed E-state index contributed by atoms with van der Waals surface area (Å²) in [5, 5.41) is 6.76. The second-order valence-electron chi connectivity index (χ2n) is 1.69. The molecule has 0 aliphatic rings. The Hall–Kier alpha value is -1.17. The Labute approximate surface area is 58.8 Å². The van der Waals surface area contributed by atoms with Crippen molar-refractivity contribution in [2.45, 2.75) is 13.3 Å². The smallest absolute Gasteiger partial charge is 0.304 e. The van der Waals surface area contributed by atoms with Crippen molar-refractivity contribution >= 4 is 6.03 Å². The fourth-order valence-corrected chi connectivity index (χ4v) is 0.443. The molecule has 10 heavy (non-hydrogen) atoms. The Morgan fingerprint density at radius 2 is 2.30 bits per heavy atom. The van der Waals surface area contributed by atoms with E-state index in [-0.39, 0.29) is 0 Å². The average Bonchev–Trinajstić information content (AvgIpc) is 1.89. The Morgan fingerprint density at radius 1 is 1.70 bits per heavy atom. The lowest BCUT2D eigenvalue weighted by atomic mass is 10.5. The van der Waals surface area contributed by atoms with E-state index in [9.17, 15) is 4.79 Å². The minimum absolute atomic E-state index is 0.456. The van der Waals surface area contributed by atoms with E-state index in [1.165, 1.54) is 0 Å². The number of urea groups is 1. The van der Waals surface area contributed by atoms with Gasteiger partial charge in [-0.1, -0.05) is 17.3 Å². The summed E-state index contributed by atoms with van der Waals surface area (Å²) in [6, 6.07) is -0.621. The van der Waals surface area contributed by atoms with Gasteiger partial charge in [0.2, 0.25) is 0 Å². The minimum atomic E-state index is -0.621. The van der Waals surface area contributed by atoms with Gasteiger partial charge in [0.15, 0.2) is 0 Å². The zero-order chi connectivity index (χ0) is 7.98. The number of hydrazine groups is 1. The first kappa shape index (κ1) is 8.83. The fourth-order valence-electron chi connectivity index (χ4n) is 0.443. The van der Waals surface area contributed by atoms with Gasteiger partial charge in [-0.25, -0.2) is 10.6 Å². The molecular formula is C4H11N5O. The Balaban J connectivity index is 3.70. The second kappa shape index (κ2) is 4.68. The van der Waals surface area contributed by atoms with Gasteiger partial charge < -0.3 is 5.84 Å². The molecule has 0 fully saturated rings. The van der Waals surface area contributed by atoms with Crippen molar-refractivity contribution in [1.29, 1.82) is 0 Å². The van der Waals surface area contributed by atoms with Crippen LogP contribution in [0.5, 0.6) is 0 Å². The summed E-state index contributed by atoms with van der Waals surface area (Å²) in [5.74, 6) is 9.81. The normalized spacial score (nSPS) is 10.2. The largest absolute Gasteiger partial charge is 0.377 e. The summed E-state index contributed by atoms with van der Waals surface area (Å²) in [4.78, 5) is 10.6. The highest BCUT2D eigenvalue weighted by atomic mass is 16.2. The highest BCUT2D eigenvalue weighted by molar-refractivity contribution is 5.73. The van der Waals surface area contributed by atoms with Crippen molar-refractivity contribution < 1.29 is 4.79 Å². The summed E-state index contributed by atoms with van der Waals surface area (Å²) in [6.45, 7) is 2.35. The van der Waals surface area contributed by atoms with E-state index in [0.717, 1.165) is 11.4 Å². The topological polar surface area (TPSA) is 97.1 Å². The minimum Gasteiger partial charge on any atom is -0.304 e. The summed E-state index contributed by atoms with van der Waals surface area (Å²) >= 11 is 0. The molecule has 6 heteroatoms. The maximum atomic E-state index is 10.6. The van der Waals surface area contributed by atoms with Gasteiger partial charge in [-0.15, -0.1) is 0 Å². The van der Waals surface area contributed by atoms with E-state index < -0.39 is 6.03 Å². The zero-order valence-electron chi connectivity index (χ0n) is 5.82. The van der Waals surface area contributed by atoms with Gasteiger partial charge in [-0.3, -0.25) is 5.01 Å². The molecule has 0 rings (SSSR count). The van der Waals surface area contributed by atoms with E-state index in [1.807, 2.05) is 6.92 Å². The number of hydrogen-bond acceptors (Lipinski definition) is 3. The van der Waals surface area contributed by atoms with Gasteiger partial charge >= 0.3 is 6.03 Å². The van der Waals surface area contributed by atoms with E-state index in [1.54, 1.807) is 0 Å². The lowest BCUT2D eigenvalue weighted by Gasteiger charge is -2.09. The number of amides is 2. The molecule has 0 atom stereocenters. The van der Waals surface area contributed by atoms with Gasteiger partial charge in [-0.2, -0.15) is 0 Å². The molecule has 0 aromatic heterocycles. The quantitative estimate of drug-likeness (QED) is 0.248. The average molecular weight is 145 g/mol. The lowest BCUT2D eigenvalue weighted by Crippen LogP contribution is -2.35. The van der Waals surface area contributed by atoms with Crippen molar-refractivity contribution in [1.82, 2.24) is 5.01 Å². The number of rotatable bonds is 2.